The Morgan fingerprint density at radius 2 is 0.800 bits per heavy atom. The molecule has 0 aliphatic carbocycles. The molecule has 2 heteroatoms. The van der Waals surface area contributed by atoms with Gasteiger partial charge < -0.3 is 0 Å². The summed E-state index contributed by atoms with van der Waals surface area (Å²) in [5.74, 6) is 2.42. The lowest BCUT2D eigenvalue weighted by Crippen LogP contribution is -2.51. The van der Waals surface area contributed by atoms with Gasteiger partial charge in [0.15, 0.2) is 0 Å². The van der Waals surface area contributed by atoms with Crippen LogP contribution in [0.3, 0.4) is 0 Å². The Kier molecular flexibility index (Phi) is 9.11. The summed E-state index contributed by atoms with van der Waals surface area (Å²) in [5.41, 5.74) is 0. The molecule has 0 bridgehead atoms. The quantitative estimate of drug-likeness (QED) is 0.595. The second-order valence-corrected chi connectivity index (χ2v) is 13.3. The van der Waals surface area contributed by atoms with E-state index < -0.39 is 14.1 Å². The highest BCUT2D eigenvalue weighted by atomic mass is 27.2. The molecule has 3 aromatic rings. The van der Waals surface area contributed by atoms with E-state index in [-0.39, 0.29) is 14.1 Å². The van der Waals surface area contributed by atoms with E-state index >= 15 is 0 Å². The predicted molar refractivity (Wildman–Crippen MR) is 117 cm³/mol. The van der Waals surface area contributed by atoms with Gasteiger partial charge >= 0.3 is 14.1 Å². The molecule has 0 aliphatic heterocycles. The molecule has 0 aromatic heterocycles. The van der Waals surface area contributed by atoms with E-state index in [1.807, 2.05) is 0 Å². The van der Waals surface area contributed by atoms with Crippen molar-refractivity contribution in [2.24, 2.45) is 0 Å². The Morgan fingerprint density at radius 1 is 0.520 bits per heavy atom. The van der Waals surface area contributed by atoms with Crippen molar-refractivity contribution in [1.82, 2.24) is 0 Å². The van der Waals surface area contributed by atoms with Crippen LogP contribution in [-0.4, -0.2) is 28.3 Å². The van der Waals surface area contributed by atoms with Crippen LogP contribution < -0.4 is 13.3 Å². The van der Waals surface area contributed by atoms with Crippen LogP contribution >= 0.6 is 0 Å². The average Bonchev–Trinajstić information content (AvgIpc) is 2.70. The number of benzene rings is 3. The van der Waals surface area contributed by atoms with Gasteiger partial charge in [-0.15, -0.1) is 5.79 Å². The van der Waals surface area contributed by atoms with Gasteiger partial charge in [-0.2, -0.15) is 0 Å². The Balaban J connectivity index is 0.000000326. The molecule has 0 fully saturated rings. The highest BCUT2D eigenvalue weighted by Gasteiger charge is 2.23. The molecule has 3 rings (SSSR count). The van der Waals surface area contributed by atoms with Crippen LogP contribution in [0.4, 0.5) is 0 Å². The van der Waals surface area contributed by atoms with Crippen molar-refractivity contribution in [3.8, 4) is 0 Å². The van der Waals surface area contributed by atoms with E-state index in [1.54, 1.807) is 0 Å². The molecule has 0 nitrogen and oxygen atoms in total. The van der Waals surface area contributed by atoms with Gasteiger partial charge in [0.05, 0.1) is 0 Å². The van der Waals surface area contributed by atoms with Crippen molar-refractivity contribution >= 4 is 41.6 Å². The molecule has 0 saturated carbocycles. The molecule has 0 aliphatic rings. The number of hydrogen-bond donors (Lipinski definition) is 0. The van der Waals surface area contributed by atoms with Gasteiger partial charge in [0, 0.05) is 0 Å². The largest absolute Gasteiger partial charge is 0.383 e. The summed E-state index contributed by atoms with van der Waals surface area (Å²) in [4.78, 5) is 0. The molecule has 0 atom stereocenters. The Morgan fingerprint density at radius 3 is 1.00 bits per heavy atom. The fraction of sp³-hybridized carbons (Fsp3) is 0.217. The van der Waals surface area contributed by atoms with E-state index in [9.17, 15) is 0 Å². The minimum atomic E-state index is -1.31. The van der Waals surface area contributed by atoms with Gasteiger partial charge in [0.1, 0.15) is 0 Å². The molecule has 0 radical (unpaired) electrons. The zero-order valence-corrected chi connectivity index (χ0v) is 18.0. The molecule has 0 unspecified atom stereocenters. The lowest BCUT2D eigenvalue weighted by molar-refractivity contribution is 1.31. The molecule has 3 aromatic carbocycles. The minimum absolute atomic E-state index is 0.160. The summed E-state index contributed by atoms with van der Waals surface area (Å²) in [6, 6.07) is 32.7. The van der Waals surface area contributed by atoms with Crippen molar-refractivity contribution in [3.05, 3.63) is 91.0 Å². The van der Waals surface area contributed by atoms with Gasteiger partial charge in [-0.1, -0.05) is 129 Å². The summed E-state index contributed by atoms with van der Waals surface area (Å²) in [6.45, 7) is 4.58. The van der Waals surface area contributed by atoms with Crippen molar-refractivity contribution < 1.29 is 0 Å². The topological polar surface area (TPSA) is 0 Å². The summed E-state index contributed by atoms with van der Waals surface area (Å²) >= 11 is -1.47. The molecule has 126 valence electrons. The second kappa shape index (κ2) is 11.4. The number of hydrogen-bond acceptors (Lipinski definition) is 0. The Hall–Kier alpha value is -1.28. The maximum atomic E-state index is 2.42. The van der Waals surface area contributed by atoms with E-state index in [2.05, 4.69) is 111 Å². The molecular weight excluding hydrogens is 330 g/mol. The van der Waals surface area contributed by atoms with Crippen LogP contribution in [0.2, 0.25) is 16.4 Å². The summed E-state index contributed by atoms with van der Waals surface area (Å²) < 4.78 is 4.42. The van der Waals surface area contributed by atoms with E-state index in [0.29, 0.717) is 0 Å². The van der Waals surface area contributed by atoms with E-state index in [0.717, 1.165) is 0 Å². The summed E-state index contributed by atoms with van der Waals surface area (Å²) in [7, 11) is 0. The monoisotopic (exact) mass is 358 g/mol. The van der Waals surface area contributed by atoms with Crippen LogP contribution in [0.1, 0.15) is 13.8 Å². The molecule has 0 saturated heterocycles. The van der Waals surface area contributed by atoms with Crippen LogP contribution in [0, 0.1) is 0 Å². The maximum Gasteiger partial charge on any atom is 0.383 e. The average molecular weight is 358 g/mol. The van der Waals surface area contributed by atoms with Crippen LogP contribution in [0.5, 0.6) is 0 Å². The molecule has 0 spiro atoms. The lowest BCUT2D eigenvalue weighted by Gasteiger charge is -2.13. The third kappa shape index (κ3) is 6.51. The molecule has 0 amide bonds. The smallest absolute Gasteiger partial charge is 0.106 e. The molecule has 25 heavy (non-hydrogen) atoms. The van der Waals surface area contributed by atoms with Gasteiger partial charge in [0.2, 0.25) is 0 Å². The van der Waals surface area contributed by atoms with Gasteiger partial charge in [-0.05, 0) is 0 Å². The van der Waals surface area contributed by atoms with Crippen LogP contribution in [0.15, 0.2) is 91.0 Å². The normalized spacial score (nSPS) is 9.72. The fourth-order valence-electron chi connectivity index (χ4n) is 2.80. The summed E-state index contributed by atoms with van der Waals surface area (Å²) in [5, 5.41) is 2.94. The first-order chi connectivity index (χ1) is 12.3. The molecule has 0 N–H and O–H groups in total. The molecule has 0 heterocycles. The third-order valence-corrected chi connectivity index (χ3v) is 10.7. The van der Waals surface area contributed by atoms with Gasteiger partial charge in [-0.25, -0.2) is 0 Å². The van der Waals surface area contributed by atoms with Crippen molar-refractivity contribution in [2.45, 2.75) is 30.2 Å². The van der Waals surface area contributed by atoms with Crippen molar-refractivity contribution in [2.75, 3.05) is 0 Å². The zero-order valence-electron chi connectivity index (χ0n) is 15.7. The first kappa shape index (κ1) is 20.0. The first-order valence-electron chi connectivity index (χ1n) is 9.41. The third-order valence-electron chi connectivity index (χ3n) is 4.79. The van der Waals surface area contributed by atoms with E-state index in [4.69, 9.17) is 0 Å². The van der Waals surface area contributed by atoms with Gasteiger partial charge in [0.25, 0.3) is 14.1 Å². The highest BCUT2D eigenvalue weighted by Crippen LogP contribution is 1.95. The standard InChI is InChI=1S/3C6H5.2C2H5.CH3.2Al/c3*1-2-4-6-5-3-1;2*1-2;;;/h3*1-5H;2*1H2,2H3;1H3;;. The lowest BCUT2D eigenvalue weighted by atomic mass is 10.3. The zero-order chi connectivity index (χ0) is 17.9. The Labute approximate surface area is 162 Å². The SMILES string of the molecule is C[CH2][Al]([CH3])[CH2]C.c1cc[c]([Al]([c]2ccccc2)[c]2ccccc2)cc1. The van der Waals surface area contributed by atoms with Crippen LogP contribution in [-0.2, 0) is 0 Å². The maximum absolute atomic E-state index is 2.42. The predicted octanol–water partition coefficient (Wildman–Crippen LogP) is 4.35. The molecular formula is C23H28Al2. The summed E-state index contributed by atoms with van der Waals surface area (Å²) in [6.07, 6.45) is 0. The first-order valence-corrected chi connectivity index (χ1v) is 13.9. The van der Waals surface area contributed by atoms with Crippen molar-refractivity contribution in [1.29, 1.82) is 0 Å². The van der Waals surface area contributed by atoms with Gasteiger partial charge in [-0.3, -0.25) is 0 Å². The highest BCUT2D eigenvalue weighted by molar-refractivity contribution is 6.95. The second-order valence-electron chi connectivity index (χ2n) is 6.59. The van der Waals surface area contributed by atoms with E-state index in [1.165, 1.54) is 23.8 Å². The fourth-order valence-corrected chi connectivity index (χ4v) is 6.36. The van der Waals surface area contributed by atoms with Crippen LogP contribution in [0.25, 0.3) is 0 Å². The minimum Gasteiger partial charge on any atom is -0.106 e. The Bertz CT molecular complexity index is 598. The van der Waals surface area contributed by atoms with Crippen molar-refractivity contribution in [3.63, 3.8) is 0 Å². The number of rotatable bonds is 5.